The van der Waals surface area contributed by atoms with Crippen molar-refractivity contribution < 1.29 is 4.79 Å². The van der Waals surface area contributed by atoms with Crippen molar-refractivity contribution in [1.82, 2.24) is 14.9 Å². The number of aryl methyl sites for hydroxylation is 1. The van der Waals surface area contributed by atoms with Crippen molar-refractivity contribution in [3.63, 3.8) is 0 Å². The summed E-state index contributed by atoms with van der Waals surface area (Å²) in [5.41, 5.74) is 4.63. The average Bonchev–Trinajstić information content (AvgIpc) is 2.58. The van der Waals surface area contributed by atoms with E-state index in [1.807, 2.05) is 17.3 Å². The molecule has 1 aliphatic heterocycles. The normalized spacial score (nSPS) is 15.5. The largest absolute Gasteiger partial charge is 0.343 e. The van der Waals surface area contributed by atoms with Gasteiger partial charge in [0, 0.05) is 38.8 Å². The van der Waals surface area contributed by atoms with Crippen LogP contribution in [0.1, 0.15) is 42.3 Å². The summed E-state index contributed by atoms with van der Waals surface area (Å²) in [6.07, 6.45) is 7.65. The fourth-order valence-corrected chi connectivity index (χ4v) is 3.30. The van der Waals surface area contributed by atoms with Crippen molar-refractivity contribution >= 4 is 5.91 Å². The van der Waals surface area contributed by atoms with E-state index in [9.17, 15) is 4.79 Å². The van der Waals surface area contributed by atoms with E-state index in [0.717, 1.165) is 50.2 Å². The van der Waals surface area contributed by atoms with Crippen LogP contribution in [0.25, 0.3) is 0 Å². The second kappa shape index (κ2) is 7.56. The number of aromatic nitrogens is 2. The number of carbonyl (C=O) groups is 1. The van der Waals surface area contributed by atoms with E-state index >= 15 is 0 Å². The van der Waals surface area contributed by atoms with E-state index in [1.165, 1.54) is 11.1 Å². The molecular formula is C20H25N3O. The molecule has 4 nitrogen and oxygen atoms in total. The molecule has 0 N–H and O–H groups in total. The minimum atomic E-state index is 0.188. The highest BCUT2D eigenvalue weighted by Gasteiger charge is 2.21. The monoisotopic (exact) mass is 323 g/mol. The molecule has 2 heterocycles. The standard InChI is InChI=1S/C20H25N3O/c1-15-3-5-17(6-4-15)11-19-13-21-14-20(22-19)12-18-7-9-23(10-8-18)16(2)24/h3-6,13-14,18H,7-12H2,1-2H3. The third kappa shape index (κ3) is 4.40. The molecule has 0 aliphatic carbocycles. The lowest BCUT2D eigenvalue weighted by Crippen LogP contribution is -2.37. The van der Waals surface area contributed by atoms with Crippen LogP contribution in [-0.4, -0.2) is 33.9 Å². The SMILES string of the molecule is CC(=O)N1CCC(Cc2cncc(Cc3ccc(C)cc3)n2)CC1. The lowest BCUT2D eigenvalue weighted by atomic mass is 9.92. The number of amides is 1. The third-order valence-corrected chi connectivity index (χ3v) is 4.80. The number of likely N-dealkylation sites (tertiary alicyclic amines) is 1. The van der Waals surface area contributed by atoms with Crippen LogP contribution in [0, 0.1) is 12.8 Å². The molecule has 1 fully saturated rings. The quantitative estimate of drug-likeness (QED) is 0.868. The number of hydrogen-bond acceptors (Lipinski definition) is 3. The Kier molecular flexibility index (Phi) is 5.24. The lowest BCUT2D eigenvalue weighted by Gasteiger charge is -2.31. The zero-order valence-electron chi connectivity index (χ0n) is 14.5. The van der Waals surface area contributed by atoms with E-state index in [4.69, 9.17) is 4.98 Å². The molecule has 24 heavy (non-hydrogen) atoms. The first-order chi connectivity index (χ1) is 11.6. The Hall–Kier alpha value is -2.23. The topological polar surface area (TPSA) is 46.1 Å². The van der Waals surface area contributed by atoms with Crippen molar-refractivity contribution in [2.75, 3.05) is 13.1 Å². The van der Waals surface area contributed by atoms with Crippen LogP contribution in [0.5, 0.6) is 0 Å². The second-order valence-corrected chi connectivity index (χ2v) is 6.82. The molecule has 0 bridgehead atoms. The van der Waals surface area contributed by atoms with Gasteiger partial charge in [-0.25, -0.2) is 0 Å². The summed E-state index contributed by atoms with van der Waals surface area (Å²) in [7, 11) is 0. The first kappa shape index (κ1) is 16.6. The highest BCUT2D eigenvalue weighted by Crippen LogP contribution is 2.21. The molecule has 3 rings (SSSR count). The first-order valence-corrected chi connectivity index (χ1v) is 8.71. The molecule has 0 saturated carbocycles. The molecule has 2 aromatic rings. The Morgan fingerprint density at radius 1 is 1.12 bits per heavy atom. The van der Waals surface area contributed by atoms with Gasteiger partial charge in [-0.15, -0.1) is 0 Å². The summed E-state index contributed by atoms with van der Waals surface area (Å²) in [5.74, 6) is 0.790. The number of carbonyl (C=O) groups excluding carboxylic acids is 1. The van der Waals surface area contributed by atoms with Gasteiger partial charge in [0.2, 0.25) is 5.91 Å². The number of hydrogen-bond donors (Lipinski definition) is 0. The number of nitrogens with zero attached hydrogens (tertiary/aromatic N) is 3. The van der Waals surface area contributed by atoms with E-state index < -0.39 is 0 Å². The first-order valence-electron chi connectivity index (χ1n) is 8.71. The van der Waals surface area contributed by atoms with Crippen molar-refractivity contribution in [3.05, 3.63) is 59.2 Å². The van der Waals surface area contributed by atoms with E-state index in [-0.39, 0.29) is 5.91 Å². The van der Waals surface area contributed by atoms with Gasteiger partial charge in [0.05, 0.1) is 11.4 Å². The van der Waals surface area contributed by atoms with E-state index in [2.05, 4.69) is 36.2 Å². The minimum absolute atomic E-state index is 0.188. The minimum Gasteiger partial charge on any atom is -0.343 e. The second-order valence-electron chi connectivity index (χ2n) is 6.82. The number of rotatable bonds is 4. The maximum Gasteiger partial charge on any atom is 0.219 e. The molecule has 126 valence electrons. The van der Waals surface area contributed by atoms with Crippen LogP contribution in [0.2, 0.25) is 0 Å². The Morgan fingerprint density at radius 3 is 2.46 bits per heavy atom. The van der Waals surface area contributed by atoms with Gasteiger partial charge in [0.15, 0.2) is 0 Å². The zero-order valence-corrected chi connectivity index (χ0v) is 14.5. The maximum atomic E-state index is 11.4. The Labute approximate surface area is 143 Å². The van der Waals surface area contributed by atoms with Gasteiger partial charge in [-0.1, -0.05) is 29.8 Å². The number of piperidine rings is 1. The van der Waals surface area contributed by atoms with Gasteiger partial charge in [0.1, 0.15) is 0 Å². The van der Waals surface area contributed by atoms with Gasteiger partial charge in [-0.3, -0.25) is 14.8 Å². The van der Waals surface area contributed by atoms with Crippen LogP contribution in [0.15, 0.2) is 36.7 Å². The molecule has 4 heteroatoms. The fraction of sp³-hybridized carbons (Fsp3) is 0.450. The van der Waals surface area contributed by atoms with Crippen molar-refractivity contribution in [3.8, 4) is 0 Å². The summed E-state index contributed by atoms with van der Waals surface area (Å²) in [6.45, 7) is 5.49. The fourth-order valence-electron chi connectivity index (χ4n) is 3.30. The summed E-state index contributed by atoms with van der Waals surface area (Å²) < 4.78 is 0. The molecule has 1 aromatic carbocycles. The smallest absolute Gasteiger partial charge is 0.219 e. The zero-order chi connectivity index (χ0) is 16.9. The van der Waals surface area contributed by atoms with Gasteiger partial charge < -0.3 is 4.90 Å². The molecule has 1 saturated heterocycles. The number of benzene rings is 1. The van der Waals surface area contributed by atoms with Crippen LogP contribution < -0.4 is 0 Å². The summed E-state index contributed by atoms with van der Waals surface area (Å²) in [6, 6.07) is 8.58. The molecule has 1 aromatic heterocycles. The Morgan fingerprint density at radius 2 is 1.79 bits per heavy atom. The molecule has 0 radical (unpaired) electrons. The summed E-state index contributed by atoms with van der Waals surface area (Å²) in [4.78, 5) is 22.5. The molecule has 0 unspecified atom stereocenters. The molecule has 0 atom stereocenters. The van der Waals surface area contributed by atoms with Gasteiger partial charge in [-0.2, -0.15) is 0 Å². The van der Waals surface area contributed by atoms with Crippen LogP contribution in [-0.2, 0) is 17.6 Å². The van der Waals surface area contributed by atoms with Gasteiger partial charge >= 0.3 is 0 Å². The molecule has 1 amide bonds. The van der Waals surface area contributed by atoms with Crippen molar-refractivity contribution in [2.24, 2.45) is 5.92 Å². The van der Waals surface area contributed by atoms with Crippen LogP contribution in [0.3, 0.4) is 0 Å². The van der Waals surface area contributed by atoms with Crippen LogP contribution in [0.4, 0.5) is 0 Å². The molecular weight excluding hydrogens is 298 g/mol. The highest BCUT2D eigenvalue weighted by molar-refractivity contribution is 5.73. The van der Waals surface area contributed by atoms with E-state index in [1.54, 1.807) is 6.92 Å². The molecule has 1 aliphatic rings. The van der Waals surface area contributed by atoms with Crippen molar-refractivity contribution in [2.45, 2.75) is 39.5 Å². The van der Waals surface area contributed by atoms with E-state index in [0.29, 0.717) is 5.92 Å². The lowest BCUT2D eigenvalue weighted by molar-refractivity contribution is -0.130. The highest BCUT2D eigenvalue weighted by atomic mass is 16.2. The predicted molar refractivity (Wildman–Crippen MR) is 94.7 cm³/mol. The predicted octanol–water partition coefficient (Wildman–Crippen LogP) is 3.18. The summed E-state index contributed by atoms with van der Waals surface area (Å²) >= 11 is 0. The third-order valence-electron chi connectivity index (χ3n) is 4.80. The van der Waals surface area contributed by atoms with Crippen molar-refractivity contribution in [1.29, 1.82) is 0 Å². The Bertz CT molecular complexity index is 688. The van der Waals surface area contributed by atoms with Gasteiger partial charge in [0.25, 0.3) is 0 Å². The van der Waals surface area contributed by atoms with Gasteiger partial charge in [-0.05, 0) is 37.7 Å². The Balaban J connectivity index is 1.59. The maximum absolute atomic E-state index is 11.4. The molecule has 0 spiro atoms. The average molecular weight is 323 g/mol. The van der Waals surface area contributed by atoms with Crippen LogP contribution >= 0.6 is 0 Å². The summed E-state index contributed by atoms with van der Waals surface area (Å²) in [5, 5.41) is 0.